The maximum atomic E-state index is 13.2. The quantitative estimate of drug-likeness (QED) is 0.514. The molecule has 0 aromatic heterocycles. The Labute approximate surface area is 202 Å². The summed E-state index contributed by atoms with van der Waals surface area (Å²) in [6.07, 6.45) is 7.00. The molecule has 1 N–H and O–H groups in total. The maximum Gasteiger partial charge on any atom is 0.222 e. The number of anilines is 1. The summed E-state index contributed by atoms with van der Waals surface area (Å²) >= 11 is 0. The van der Waals surface area contributed by atoms with Crippen molar-refractivity contribution in [1.82, 2.24) is 14.7 Å². The van der Waals surface area contributed by atoms with Crippen molar-refractivity contribution in [2.75, 3.05) is 59.2 Å². The van der Waals surface area contributed by atoms with E-state index >= 15 is 0 Å². The Balaban J connectivity index is 1.49. The lowest BCUT2D eigenvalue weighted by Crippen LogP contribution is -2.53. The van der Waals surface area contributed by atoms with Crippen LogP contribution in [0.5, 0.6) is 0 Å². The van der Waals surface area contributed by atoms with Gasteiger partial charge >= 0.3 is 0 Å². The van der Waals surface area contributed by atoms with E-state index in [1.807, 2.05) is 11.9 Å². The van der Waals surface area contributed by atoms with Crippen molar-refractivity contribution in [2.45, 2.75) is 70.8 Å². The molecule has 2 heterocycles. The number of carbonyl (C=O) groups is 1. The number of hydrogen-bond acceptors (Lipinski definition) is 4. The zero-order chi connectivity index (χ0) is 24.0. The lowest BCUT2D eigenvalue weighted by molar-refractivity contribution is -0.131. The Bertz CT molecular complexity index is 754. The van der Waals surface area contributed by atoms with Gasteiger partial charge in [0.25, 0.3) is 0 Å². The largest absolute Gasteiger partial charge is 0.384 e. The zero-order valence-electron chi connectivity index (χ0n) is 22.1. The maximum absolute atomic E-state index is 13.2. The van der Waals surface area contributed by atoms with Gasteiger partial charge in [0, 0.05) is 50.2 Å². The molecule has 2 aliphatic rings. The van der Waals surface area contributed by atoms with Gasteiger partial charge in [-0.05, 0) is 69.9 Å². The third-order valence-corrected chi connectivity index (χ3v) is 8.56. The SMILES string of the molecule is CCCCC1(N(C)C)CCN(CCN(C)C(=O)CC(C(C)C)C2CNc3ccccc32)CC1. The van der Waals surface area contributed by atoms with Gasteiger partial charge in [-0.1, -0.05) is 51.8 Å². The van der Waals surface area contributed by atoms with E-state index in [2.05, 4.69) is 74.2 Å². The molecule has 2 aliphatic heterocycles. The number of likely N-dealkylation sites (tertiary alicyclic amines) is 1. The molecule has 1 saturated heterocycles. The molecule has 1 amide bonds. The van der Waals surface area contributed by atoms with Crippen LogP contribution in [0.3, 0.4) is 0 Å². The van der Waals surface area contributed by atoms with E-state index in [-0.39, 0.29) is 0 Å². The van der Waals surface area contributed by atoms with Crippen LogP contribution in [0.15, 0.2) is 24.3 Å². The van der Waals surface area contributed by atoms with Crippen LogP contribution in [0.2, 0.25) is 0 Å². The number of fused-ring (bicyclic) bond motifs is 1. The van der Waals surface area contributed by atoms with Gasteiger partial charge in [0.15, 0.2) is 0 Å². The van der Waals surface area contributed by atoms with Crippen molar-refractivity contribution in [3.63, 3.8) is 0 Å². The van der Waals surface area contributed by atoms with Gasteiger partial charge in [-0.2, -0.15) is 0 Å². The molecule has 186 valence electrons. The zero-order valence-corrected chi connectivity index (χ0v) is 22.1. The molecular weight excluding hydrogens is 408 g/mol. The van der Waals surface area contributed by atoms with Crippen LogP contribution in [-0.2, 0) is 4.79 Å². The fourth-order valence-corrected chi connectivity index (χ4v) is 5.93. The molecule has 2 atom stereocenters. The molecule has 1 fully saturated rings. The second-order valence-electron chi connectivity index (χ2n) is 11.1. The molecule has 5 heteroatoms. The van der Waals surface area contributed by atoms with Crippen LogP contribution in [0, 0.1) is 11.8 Å². The van der Waals surface area contributed by atoms with E-state index in [4.69, 9.17) is 0 Å². The Morgan fingerprint density at radius 2 is 1.88 bits per heavy atom. The van der Waals surface area contributed by atoms with Gasteiger partial charge in [0.05, 0.1) is 0 Å². The molecule has 0 radical (unpaired) electrons. The molecule has 33 heavy (non-hydrogen) atoms. The van der Waals surface area contributed by atoms with Crippen LogP contribution in [0.4, 0.5) is 5.69 Å². The van der Waals surface area contributed by atoms with Gasteiger partial charge in [0.2, 0.25) is 5.91 Å². The monoisotopic (exact) mass is 456 g/mol. The smallest absolute Gasteiger partial charge is 0.222 e. The summed E-state index contributed by atoms with van der Waals surface area (Å²) in [5, 5.41) is 3.55. The van der Waals surface area contributed by atoms with Gasteiger partial charge in [0.1, 0.15) is 0 Å². The minimum Gasteiger partial charge on any atom is -0.384 e. The number of piperidine rings is 1. The van der Waals surface area contributed by atoms with E-state index in [1.54, 1.807) is 0 Å². The number of nitrogens with one attached hydrogen (secondary N) is 1. The number of hydrogen-bond donors (Lipinski definition) is 1. The molecular formula is C28H48N4O. The summed E-state index contributed by atoms with van der Waals surface area (Å²) in [6, 6.07) is 8.60. The molecule has 0 aliphatic carbocycles. The lowest BCUT2D eigenvalue weighted by Gasteiger charge is -2.46. The Hall–Kier alpha value is -1.59. The topological polar surface area (TPSA) is 38.8 Å². The Morgan fingerprint density at radius 1 is 1.18 bits per heavy atom. The van der Waals surface area contributed by atoms with Gasteiger partial charge in [-0.3, -0.25) is 4.79 Å². The summed E-state index contributed by atoms with van der Waals surface area (Å²) < 4.78 is 0. The summed E-state index contributed by atoms with van der Waals surface area (Å²) in [5.41, 5.74) is 2.99. The molecule has 0 saturated carbocycles. The van der Waals surface area contributed by atoms with E-state index in [0.717, 1.165) is 32.7 Å². The van der Waals surface area contributed by atoms with Gasteiger partial charge in [-0.15, -0.1) is 0 Å². The van der Waals surface area contributed by atoms with E-state index in [0.29, 0.717) is 35.6 Å². The summed E-state index contributed by atoms with van der Waals surface area (Å²) in [7, 11) is 6.50. The predicted molar refractivity (Wildman–Crippen MR) is 140 cm³/mol. The van der Waals surface area contributed by atoms with Gasteiger partial charge < -0.3 is 20.0 Å². The molecule has 5 nitrogen and oxygen atoms in total. The highest BCUT2D eigenvalue weighted by molar-refractivity contribution is 5.76. The van der Waals surface area contributed by atoms with Crippen molar-refractivity contribution in [1.29, 1.82) is 0 Å². The number of carbonyl (C=O) groups excluding carboxylic acids is 1. The van der Waals surface area contributed by atoms with E-state index < -0.39 is 0 Å². The normalized spacial score (nSPS) is 21.2. The van der Waals surface area contributed by atoms with Crippen molar-refractivity contribution in [3.05, 3.63) is 29.8 Å². The predicted octanol–water partition coefficient (Wildman–Crippen LogP) is 4.90. The summed E-state index contributed by atoms with van der Waals surface area (Å²) in [6.45, 7) is 11.9. The third kappa shape index (κ3) is 6.30. The molecule has 1 aromatic carbocycles. The minimum absolute atomic E-state index is 0.292. The second-order valence-corrected chi connectivity index (χ2v) is 11.1. The molecule has 0 spiro atoms. The van der Waals surface area contributed by atoms with Gasteiger partial charge in [-0.25, -0.2) is 0 Å². The number of likely N-dealkylation sites (N-methyl/N-ethyl adjacent to an activating group) is 1. The van der Waals surface area contributed by atoms with E-state index in [1.165, 1.54) is 43.4 Å². The van der Waals surface area contributed by atoms with Crippen LogP contribution in [-0.4, -0.2) is 80.0 Å². The Morgan fingerprint density at radius 3 is 2.52 bits per heavy atom. The van der Waals surface area contributed by atoms with Crippen molar-refractivity contribution in [3.8, 4) is 0 Å². The lowest BCUT2D eigenvalue weighted by atomic mass is 9.78. The van der Waals surface area contributed by atoms with Crippen molar-refractivity contribution < 1.29 is 4.79 Å². The first-order valence-electron chi connectivity index (χ1n) is 13.2. The number of amides is 1. The van der Waals surface area contributed by atoms with Crippen molar-refractivity contribution in [2.24, 2.45) is 11.8 Å². The third-order valence-electron chi connectivity index (χ3n) is 8.56. The highest BCUT2D eigenvalue weighted by Gasteiger charge is 2.36. The first-order valence-corrected chi connectivity index (χ1v) is 13.2. The average Bonchev–Trinajstić information content (AvgIpc) is 3.23. The molecule has 0 bridgehead atoms. The highest BCUT2D eigenvalue weighted by Crippen LogP contribution is 2.41. The number of para-hydroxylation sites is 1. The first kappa shape index (κ1) is 26.0. The standard InChI is InChI=1S/C28H48N4O/c1-7-8-13-28(30(4)5)14-16-32(17-15-28)19-18-31(6)27(33)20-24(22(2)3)25-21-29-26-12-10-9-11-23(25)26/h9-12,22,24-25,29H,7-8,13-21H2,1-6H3. The molecule has 2 unspecified atom stereocenters. The molecule has 1 aromatic rings. The average molecular weight is 457 g/mol. The van der Waals surface area contributed by atoms with E-state index in [9.17, 15) is 4.79 Å². The fraction of sp³-hybridized carbons (Fsp3) is 0.750. The van der Waals surface area contributed by atoms with Crippen LogP contribution in [0.25, 0.3) is 0 Å². The number of unbranched alkanes of at least 4 members (excludes halogenated alkanes) is 1. The summed E-state index contributed by atoms with van der Waals surface area (Å²) in [4.78, 5) is 20.2. The number of nitrogens with zero attached hydrogens (tertiary/aromatic N) is 3. The molecule has 3 rings (SSSR count). The minimum atomic E-state index is 0.292. The number of benzene rings is 1. The second kappa shape index (κ2) is 11.7. The van der Waals surface area contributed by atoms with Crippen LogP contribution in [0.1, 0.15) is 70.8 Å². The Kier molecular flexibility index (Phi) is 9.23. The van der Waals surface area contributed by atoms with Crippen LogP contribution < -0.4 is 5.32 Å². The van der Waals surface area contributed by atoms with Crippen molar-refractivity contribution >= 4 is 11.6 Å². The number of rotatable bonds is 11. The fourth-order valence-electron chi connectivity index (χ4n) is 5.93. The highest BCUT2D eigenvalue weighted by atomic mass is 16.2. The summed E-state index contributed by atoms with van der Waals surface area (Å²) in [5.74, 6) is 1.55. The van der Waals surface area contributed by atoms with Crippen LogP contribution >= 0.6 is 0 Å². The first-order chi connectivity index (χ1) is 15.8.